The molecule has 0 N–H and O–H groups in total. The Morgan fingerprint density at radius 2 is 2.06 bits per heavy atom. The van der Waals surface area contributed by atoms with Crippen molar-refractivity contribution in [2.75, 3.05) is 0 Å². The van der Waals surface area contributed by atoms with Crippen LogP contribution in [0, 0.1) is 5.82 Å². The number of ketones is 1. The summed E-state index contributed by atoms with van der Waals surface area (Å²) in [4.78, 5) is 12.4. The Morgan fingerprint density at radius 3 is 2.69 bits per heavy atom. The van der Waals surface area contributed by atoms with Gasteiger partial charge >= 0.3 is 0 Å². The molecule has 0 aliphatic carbocycles. The molecule has 5 heteroatoms. The number of thiophene rings is 1. The average Bonchev–Trinajstić information content (AvgIpc) is 2.68. The second-order valence-electron chi connectivity index (χ2n) is 3.03. The number of carbonyl (C=O) groups excluding carboxylic acids is 1. The molecule has 0 radical (unpaired) electrons. The van der Waals surface area contributed by atoms with Crippen molar-refractivity contribution in [3.8, 4) is 0 Å². The molecule has 0 saturated carbocycles. The number of carbonyl (C=O) groups is 1. The van der Waals surface area contributed by atoms with Gasteiger partial charge in [0.2, 0.25) is 5.78 Å². The maximum absolute atomic E-state index is 13.6. The van der Waals surface area contributed by atoms with E-state index in [-0.39, 0.29) is 16.4 Å². The summed E-state index contributed by atoms with van der Waals surface area (Å²) in [5, 5.41) is -0.0403. The average molecular weight is 320 g/mol. The molecule has 0 bridgehead atoms. The van der Waals surface area contributed by atoms with E-state index in [1.54, 1.807) is 18.2 Å². The first-order valence-corrected chi connectivity index (χ1v) is 6.32. The maximum Gasteiger partial charge on any atom is 0.205 e. The van der Waals surface area contributed by atoms with Crippen molar-refractivity contribution < 1.29 is 9.18 Å². The van der Waals surface area contributed by atoms with E-state index in [1.165, 1.54) is 23.5 Å². The summed E-state index contributed by atoms with van der Waals surface area (Å²) in [6, 6.07) is 7.80. The standard InChI is InChI=1S/C11H5BrClFOS/c12-9-5-4-8(16-9)11(15)6-2-1-3-7(13)10(6)14/h1-5H. The largest absolute Gasteiger partial charge is 0.288 e. The second-order valence-corrected chi connectivity index (χ2v) is 5.90. The number of halogens is 3. The Kier molecular flexibility index (Phi) is 3.42. The van der Waals surface area contributed by atoms with Crippen LogP contribution in [0.3, 0.4) is 0 Å². The van der Waals surface area contributed by atoms with Crippen LogP contribution in [-0.4, -0.2) is 5.78 Å². The van der Waals surface area contributed by atoms with Crippen LogP contribution in [0.4, 0.5) is 4.39 Å². The van der Waals surface area contributed by atoms with Crippen molar-refractivity contribution in [1.29, 1.82) is 0 Å². The van der Waals surface area contributed by atoms with Crippen molar-refractivity contribution in [3.63, 3.8) is 0 Å². The first-order chi connectivity index (χ1) is 7.59. The highest BCUT2D eigenvalue weighted by Crippen LogP contribution is 2.26. The molecule has 1 aromatic carbocycles. The number of hydrogen-bond acceptors (Lipinski definition) is 2. The minimum atomic E-state index is -0.668. The van der Waals surface area contributed by atoms with Crippen LogP contribution in [0.1, 0.15) is 15.2 Å². The summed E-state index contributed by atoms with van der Waals surface area (Å²) in [5.41, 5.74) is 0.00171. The molecular weight excluding hydrogens is 315 g/mol. The zero-order valence-electron chi connectivity index (χ0n) is 7.84. The Morgan fingerprint density at radius 1 is 1.31 bits per heavy atom. The van der Waals surface area contributed by atoms with E-state index in [9.17, 15) is 9.18 Å². The van der Waals surface area contributed by atoms with Gasteiger partial charge in [0.25, 0.3) is 0 Å². The summed E-state index contributed by atoms with van der Waals surface area (Å²) in [6.07, 6.45) is 0. The van der Waals surface area contributed by atoms with E-state index < -0.39 is 5.82 Å². The Hall–Kier alpha value is -0.710. The molecule has 1 nitrogen and oxygen atoms in total. The molecule has 1 aromatic heterocycles. The Bertz CT molecular complexity index is 553. The molecule has 16 heavy (non-hydrogen) atoms. The third-order valence-corrected chi connectivity index (χ3v) is 3.91. The van der Waals surface area contributed by atoms with E-state index in [2.05, 4.69) is 15.9 Å². The van der Waals surface area contributed by atoms with Gasteiger partial charge in [0.1, 0.15) is 0 Å². The van der Waals surface area contributed by atoms with Gasteiger partial charge in [0.15, 0.2) is 5.82 Å². The van der Waals surface area contributed by atoms with Crippen LogP contribution >= 0.6 is 38.9 Å². The predicted octanol–water partition coefficient (Wildman–Crippen LogP) is 4.53. The van der Waals surface area contributed by atoms with Crippen LogP contribution in [0.15, 0.2) is 34.1 Å². The SMILES string of the molecule is O=C(c1ccc(Br)s1)c1cccc(Cl)c1F. The lowest BCUT2D eigenvalue weighted by Crippen LogP contribution is -2.02. The smallest absolute Gasteiger partial charge is 0.205 e. The molecule has 0 unspecified atom stereocenters. The first-order valence-electron chi connectivity index (χ1n) is 4.33. The lowest BCUT2D eigenvalue weighted by atomic mass is 10.1. The van der Waals surface area contributed by atoms with E-state index in [0.717, 1.165) is 3.79 Å². The molecule has 2 aromatic rings. The van der Waals surface area contributed by atoms with E-state index >= 15 is 0 Å². The van der Waals surface area contributed by atoms with Crippen LogP contribution in [0.25, 0.3) is 0 Å². The quantitative estimate of drug-likeness (QED) is 0.743. The van der Waals surface area contributed by atoms with Gasteiger partial charge in [0.05, 0.1) is 19.2 Å². The molecule has 0 aliphatic rings. The zero-order valence-corrected chi connectivity index (χ0v) is 11.0. The lowest BCUT2D eigenvalue weighted by molar-refractivity contribution is 0.103. The van der Waals surface area contributed by atoms with Crippen LogP contribution in [-0.2, 0) is 0 Å². The molecule has 0 aliphatic heterocycles. The normalized spacial score (nSPS) is 10.4. The monoisotopic (exact) mass is 318 g/mol. The maximum atomic E-state index is 13.6. The minimum absolute atomic E-state index is 0.00171. The summed E-state index contributed by atoms with van der Waals surface area (Å²) < 4.78 is 14.4. The molecule has 0 atom stereocenters. The Labute approximate surface area is 109 Å². The predicted molar refractivity (Wildman–Crippen MR) is 66.9 cm³/mol. The van der Waals surface area contributed by atoms with E-state index in [0.29, 0.717) is 4.88 Å². The van der Waals surface area contributed by atoms with Crippen molar-refractivity contribution in [2.45, 2.75) is 0 Å². The highest BCUT2D eigenvalue weighted by atomic mass is 79.9. The van der Waals surface area contributed by atoms with Gasteiger partial charge in [-0.1, -0.05) is 17.7 Å². The van der Waals surface area contributed by atoms with Gasteiger partial charge in [-0.3, -0.25) is 4.79 Å². The topological polar surface area (TPSA) is 17.1 Å². The Balaban J connectivity index is 2.45. The summed E-state index contributed by atoms with van der Waals surface area (Å²) in [6.45, 7) is 0. The van der Waals surface area contributed by atoms with Crippen LogP contribution in [0.2, 0.25) is 5.02 Å². The van der Waals surface area contributed by atoms with Crippen molar-refractivity contribution >= 4 is 44.7 Å². The number of benzene rings is 1. The molecule has 82 valence electrons. The fourth-order valence-electron chi connectivity index (χ4n) is 1.25. The van der Waals surface area contributed by atoms with Crippen LogP contribution in [0.5, 0.6) is 0 Å². The molecule has 1 heterocycles. The molecular formula is C11H5BrClFOS. The third kappa shape index (κ3) is 2.19. The van der Waals surface area contributed by atoms with Gasteiger partial charge < -0.3 is 0 Å². The number of rotatable bonds is 2. The van der Waals surface area contributed by atoms with Crippen molar-refractivity contribution in [3.05, 3.63) is 55.4 Å². The van der Waals surface area contributed by atoms with Gasteiger partial charge in [0, 0.05) is 0 Å². The van der Waals surface area contributed by atoms with Crippen molar-refractivity contribution in [2.24, 2.45) is 0 Å². The van der Waals surface area contributed by atoms with Crippen molar-refractivity contribution in [1.82, 2.24) is 0 Å². The van der Waals surface area contributed by atoms with Gasteiger partial charge in [-0.25, -0.2) is 4.39 Å². The summed E-state index contributed by atoms with van der Waals surface area (Å²) >= 11 is 10.1. The van der Waals surface area contributed by atoms with Crippen LogP contribution < -0.4 is 0 Å². The van der Waals surface area contributed by atoms with E-state index in [4.69, 9.17) is 11.6 Å². The highest BCUT2D eigenvalue weighted by Gasteiger charge is 2.17. The van der Waals surface area contributed by atoms with Gasteiger partial charge in [-0.2, -0.15) is 0 Å². The lowest BCUT2D eigenvalue weighted by Gasteiger charge is -2.01. The fourth-order valence-corrected chi connectivity index (χ4v) is 2.76. The minimum Gasteiger partial charge on any atom is -0.288 e. The third-order valence-electron chi connectivity index (χ3n) is 1.99. The van der Waals surface area contributed by atoms with E-state index in [1.807, 2.05) is 0 Å². The molecule has 0 amide bonds. The molecule has 0 fully saturated rings. The summed E-state index contributed by atoms with van der Waals surface area (Å²) in [5.74, 6) is -1.02. The first kappa shape index (κ1) is 11.8. The fraction of sp³-hybridized carbons (Fsp3) is 0. The van der Waals surface area contributed by atoms with Gasteiger partial charge in [-0.15, -0.1) is 11.3 Å². The zero-order chi connectivity index (χ0) is 11.7. The molecule has 0 spiro atoms. The molecule has 0 saturated heterocycles. The highest BCUT2D eigenvalue weighted by molar-refractivity contribution is 9.11. The number of hydrogen-bond donors (Lipinski definition) is 0. The summed E-state index contributed by atoms with van der Waals surface area (Å²) in [7, 11) is 0. The second kappa shape index (κ2) is 4.65. The van der Waals surface area contributed by atoms with Gasteiger partial charge in [-0.05, 0) is 40.2 Å². The molecule has 2 rings (SSSR count).